The fourth-order valence-electron chi connectivity index (χ4n) is 2.26. The number of halogens is 1. The Morgan fingerprint density at radius 3 is 2.52 bits per heavy atom. The third-order valence-electron chi connectivity index (χ3n) is 3.59. The summed E-state index contributed by atoms with van der Waals surface area (Å²) in [6.45, 7) is 1.86. The number of hydrogen-bond acceptors (Lipinski definition) is 4. The SMILES string of the molecule is CC(=NNc1ccccc1C(=O)O)c1ccc(-n2ccnc2)cc1.Cl. The number of carboxylic acid groups (broad SMARTS) is 1. The van der Waals surface area contributed by atoms with Gasteiger partial charge in [0.25, 0.3) is 0 Å². The molecule has 3 rings (SSSR count). The lowest BCUT2D eigenvalue weighted by atomic mass is 10.1. The van der Waals surface area contributed by atoms with Crippen LogP contribution in [-0.2, 0) is 0 Å². The van der Waals surface area contributed by atoms with Gasteiger partial charge >= 0.3 is 5.97 Å². The van der Waals surface area contributed by atoms with Crippen molar-refractivity contribution in [3.05, 3.63) is 78.4 Å². The molecule has 0 saturated carbocycles. The van der Waals surface area contributed by atoms with Crippen LogP contribution in [0.3, 0.4) is 0 Å². The number of anilines is 1. The quantitative estimate of drug-likeness (QED) is 0.538. The lowest BCUT2D eigenvalue weighted by Crippen LogP contribution is -2.05. The number of rotatable bonds is 5. The number of carbonyl (C=O) groups is 1. The van der Waals surface area contributed by atoms with Gasteiger partial charge in [0.1, 0.15) is 0 Å². The first-order valence-electron chi connectivity index (χ1n) is 7.36. The summed E-state index contributed by atoms with van der Waals surface area (Å²) in [5.41, 5.74) is 6.18. The molecular formula is C18H17ClN4O2. The van der Waals surface area contributed by atoms with Gasteiger partial charge in [0.2, 0.25) is 0 Å². The second-order valence-electron chi connectivity index (χ2n) is 5.18. The molecule has 6 nitrogen and oxygen atoms in total. The summed E-state index contributed by atoms with van der Waals surface area (Å²) in [6, 6.07) is 14.5. The van der Waals surface area contributed by atoms with E-state index in [9.17, 15) is 9.90 Å². The van der Waals surface area contributed by atoms with Gasteiger partial charge in [0.05, 0.1) is 23.3 Å². The zero-order valence-electron chi connectivity index (χ0n) is 13.5. The summed E-state index contributed by atoms with van der Waals surface area (Å²) in [4.78, 5) is 15.2. The van der Waals surface area contributed by atoms with Gasteiger partial charge in [-0.3, -0.25) is 5.43 Å². The Kier molecular flexibility index (Phi) is 5.92. The molecule has 0 bridgehead atoms. The average molecular weight is 357 g/mol. The molecule has 0 atom stereocenters. The molecule has 2 aromatic carbocycles. The monoisotopic (exact) mass is 356 g/mol. The topological polar surface area (TPSA) is 79.5 Å². The van der Waals surface area contributed by atoms with E-state index in [1.54, 1.807) is 30.7 Å². The van der Waals surface area contributed by atoms with Gasteiger partial charge in [0.15, 0.2) is 0 Å². The summed E-state index contributed by atoms with van der Waals surface area (Å²) < 4.78 is 1.91. The molecule has 0 fully saturated rings. The number of hydrogen-bond donors (Lipinski definition) is 2. The molecule has 25 heavy (non-hydrogen) atoms. The van der Waals surface area contributed by atoms with E-state index in [2.05, 4.69) is 15.5 Å². The highest BCUT2D eigenvalue weighted by atomic mass is 35.5. The minimum atomic E-state index is -0.990. The van der Waals surface area contributed by atoms with Gasteiger partial charge in [-0.05, 0) is 36.8 Å². The van der Waals surface area contributed by atoms with Crippen LogP contribution in [0.1, 0.15) is 22.8 Å². The van der Waals surface area contributed by atoms with Crippen LogP contribution in [0.25, 0.3) is 5.69 Å². The molecule has 0 saturated heterocycles. The van der Waals surface area contributed by atoms with Crippen molar-refractivity contribution in [2.24, 2.45) is 5.10 Å². The number of nitrogens with one attached hydrogen (secondary N) is 1. The van der Waals surface area contributed by atoms with Gasteiger partial charge in [-0.25, -0.2) is 9.78 Å². The second-order valence-corrected chi connectivity index (χ2v) is 5.18. The lowest BCUT2D eigenvalue weighted by Gasteiger charge is -2.07. The molecule has 0 aliphatic heterocycles. The number of para-hydroxylation sites is 1. The van der Waals surface area contributed by atoms with Crippen molar-refractivity contribution in [3.8, 4) is 5.69 Å². The summed E-state index contributed by atoms with van der Waals surface area (Å²) in [6.07, 6.45) is 5.34. The fourth-order valence-corrected chi connectivity index (χ4v) is 2.26. The lowest BCUT2D eigenvalue weighted by molar-refractivity contribution is 0.0698. The van der Waals surface area contributed by atoms with Crippen molar-refractivity contribution in [2.45, 2.75) is 6.92 Å². The highest BCUT2D eigenvalue weighted by molar-refractivity contribution is 6.00. The van der Waals surface area contributed by atoms with Crippen LogP contribution >= 0.6 is 12.4 Å². The largest absolute Gasteiger partial charge is 0.478 e. The van der Waals surface area contributed by atoms with Gasteiger partial charge in [0, 0.05) is 18.1 Å². The Morgan fingerprint density at radius 1 is 1.16 bits per heavy atom. The van der Waals surface area contributed by atoms with Crippen LogP contribution in [-0.4, -0.2) is 26.3 Å². The van der Waals surface area contributed by atoms with E-state index >= 15 is 0 Å². The Morgan fingerprint density at radius 2 is 1.88 bits per heavy atom. The van der Waals surface area contributed by atoms with E-state index in [-0.39, 0.29) is 18.0 Å². The van der Waals surface area contributed by atoms with Gasteiger partial charge in [-0.2, -0.15) is 5.10 Å². The minimum Gasteiger partial charge on any atom is -0.478 e. The predicted octanol–water partition coefficient (Wildman–Crippen LogP) is 3.83. The van der Waals surface area contributed by atoms with Crippen LogP contribution in [0.2, 0.25) is 0 Å². The first-order valence-corrected chi connectivity index (χ1v) is 7.36. The zero-order valence-corrected chi connectivity index (χ0v) is 14.3. The zero-order chi connectivity index (χ0) is 16.9. The summed E-state index contributed by atoms with van der Waals surface area (Å²) in [5, 5.41) is 13.5. The van der Waals surface area contributed by atoms with Crippen molar-refractivity contribution < 1.29 is 9.90 Å². The molecule has 0 amide bonds. The van der Waals surface area contributed by atoms with E-state index in [1.807, 2.05) is 42.0 Å². The number of benzene rings is 2. The molecule has 1 heterocycles. The van der Waals surface area contributed by atoms with Gasteiger partial charge in [-0.1, -0.05) is 24.3 Å². The Labute approximate surface area is 151 Å². The highest BCUT2D eigenvalue weighted by Gasteiger charge is 2.08. The standard InChI is InChI=1S/C18H16N4O2.ClH/c1-13(20-21-17-5-3-2-4-16(17)18(23)24)14-6-8-15(9-7-14)22-11-10-19-12-22;/h2-12,21H,1H3,(H,23,24);1H. The fraction of sp³-hybridized carbons (Fsp3) is 0.0556. The van der Waals surface area contributed by atoms with E-state index in [1.165, 1.54) is 6.07 Å². The number of nitrogens with zero attached hydrogens (tertiary/aromatic N) is 3. The van der Waals surface area contributed by atoms with Crippen LogP contribution in [0.15, 0.2) is 72.4 Å². The average Bonchev–Trinajstić information content (AvgIpc) is 3.14. The van der Waals surface area contributed by atoms with E-state index in [0.717, 1.165) is 17.0 Å². The first-order chi connectivity index (χ1) is 11.6. The van der Waals surface area contributed by atoms with E-state index in [4.69, 9.17) is 0 Å². The third kappa shape index (κ3) is 4.24. The Hall–Kier alpha value is -3.12. The smallest absolute Gasteiger partial charge is 0.337 e. The molecule has 0 aliphatic carbocycles. The second kappa shape index (κ2) is 8.12. The van der Waals surface area contributed by atoms with Gasteiger partial charge < -0.3 is 9.67 Å². The number of hydrazone groups is 1. The van der Waals surface area contributed by atoms with Crippen LogP contribution in [0.5, 0.6) is 0 Å². The molecule has 0 spiro atoms. The van der Waals surface area contributed by atoms with Gasteiger partial charge in [-0.15, -0.1) is 12.4 Å². The highest BCUT2D eigenvalue weighted by Crippen LogP contribution is 2.15. The Bertz CT molecular complexity index is 874. The van der Waals surface area contributed by atoms with E-state index in [0.29, 0.717) is 5.69 Å². The maximum atomic E-state index is 11.2. The van der Waals surface area contributed by atoms with Crippen molar-refractivity contribution >= 4 is 29.8 Å². The number of aromatic carboxylic acids is 1. The predicted molar refractivity (Wildman–Crippen MR) is 100 cm³/mol. The Balaban J connectivity index is 0.00000225. The molecule has 7 heteroatoms. The minimum absolute atomic E-state index is 0. The van der Waals surface area contributed by atoms with E-state index < -0.39 is 5.97 Å². The van der Waals surface area contributed by atoms with Crippen LogP contribution in [0.4, 0.5) is 5.69 Å². The molecule has 0 unspecified atom stereocenters. The summed E-state index contributed by atoms with van der Waals surface area (Å²) in [5.74, 6) is -0.990. The normalized spacial score (nSPS) is 10.8. The third-order valence-corrected chi connectivity index (χ3v) is 3.59. The molecular weight excluding hydrogens is 340 g/mol. The molecule has 1 aromatic heterocycles. The van der Waals surface area contributed by atoms with Crippen molar-refractivity contribution in [1.29, 1.82) is 0 Å². The maximum Gasteiger partial charge on any atom is 0.337 e. The molecule has 128 valence electrons. The maximum absolute atomic E-state index is 11.2. The summed E-state index contributed by atoms with van der Waals surface area (Å²) in [7, 11) is 0. The van der Waals surface area contributed by atoms with Crippen molar-refractivity contribution in [3.63, 3.8) is 0 Å². The summed E-state index contributed by atoms with van der Waals surface area (Å²) >= 11 is 0. The first kappa shape index (κ1) is 18.2. The van der Waals surface area contributed by atoms with Crippen LogP contribution < -0.4 is 5.43 Å². The number of carboxylic acids is 1. The molecule has 0 radical (unpaired) electrons. The van der Waals surface area contributed by atoms with Crippen molar-refractivity contribution in [2.75, 3.05) is 5.43 Å². The number of aromatic nitrogens is 2. The molecule has 0 aliphatic rings. The molecule has 3 aromatic rings. The number of imidazole rings is 1. The van der Waals surface area contributed by atoms with Crippen LogP contribution in [0, 0.1) is 0 Å². The molecule has 2 N–H and O–H groups in total. The van der Waals surface area contributed by atoms with Crippen molar-refractivity contribution in [1.82, 2.24) is 9.55 Å².